The average molecular weight is 555 g/mol. The van der Waals surface area contributed by atoms with Crippen molar-refractivity contribution in [2.75, 3.05) is 20.2 Å². The van der Waals surface area contributed by atoms with E-state index < -0.39 is 11.9 Å². The normalized spacial score (nSPS) is 14.1. The van der Waals surface area contributed by atoms with Gasteiger partial charge in [-0.1, -0.05) is 46.3 Å². The largest absolute Gasteiger partial charge is 0.481 e. The van der Waals surface area contributed by atoms with Crippen molar-refractivity contribution in [3.63, 3.8) is 0 Å². The fourth-order valence-corrected chi connectivity index (χ4v) is 5.16. The Morgan fingerprint density at radius 2 is 1.72 bits per heavy atom. The summed E-state index contributed by atoms with van der Waals surface area (Å²) in [6, 6.07) is 14.9. The van der Waals surface area contributed by atoms with Gasteiger partial charge in [-0.05, 0) is 47.9 Å². The van der Waals surface area contributed by atoms with Crippen LogP contribution in [0.5, 0.6) is 0 Å². The predicted octanol–water partition coefficient (Wildman–Crippen LogP) is 4.32. The van der Waals surface area contributed by atoms with Gasteiger partial charge in [-0.2, -0.15) is 0 Å². The Labute approximate surface area is 216 Å². The molecule has 1 N–H and O–H groups in total. The van der Waals surface area contributed by atoms with E-state index in [-0.39, 0.29) is 35.9 Å². The monoisotopic (exact) mass is 554 g/mol. The number of esters is 1. The first-order valence-electron chi connectivity index (χ1n) is 11.8. The quantitative estimate of drug-likeness (QED) is 0.436. The van der Waals surface area contributed by atoms with Crippen LogP contribution in [0.4, 0.5) is 0 Å². The topological polar surface area (TPSA) is 106 Å². The molecule has 1 aliphatic heterocycles. The number of nitrogens with zero attached hydrogens (tertiary/aromatic N) is 2. The number of hydrogen-bond donors (Lipinski definition) is 1. The van der Waals surface area contributed by atoms with Crippen LogP contribution in [0.15, 0.2) is 57.8 Å². The molecule has 0 atom stereocenters. The molecule has 0 radical (unpaired) electrons. The Hall–Kier alpha value is -3.46. The van der Waals surface area contributed by atoms with Crippen LogP contribution in [0.2, 0.25) is 0 Å². The van der Waals surface area contributed by atoms with E-state index in [1.54, 1.807) is 11.0 Å². The molecule has 0 aliphatic carbocycles. The zero-order chi connectivity index (χ0) is 25.8. The highest BCUT2D eigenvalue weighted by atomic mass is 79.9. The summed E-state index contributed by atoms with van der Waals surface area (Å²) in [7, 11) is 1.30. The number of hydrogen-bond acceptors (Lipinski definition) is 5. The van der Waals surface area contributed by atoms with Gasteiger partial charge in [-0.25, -0.2) is 4.79 Å². The zero-order valence-electron chi connectivity index (χ0n) is 19.9. The van der Waals surface area contributed by atoms with Crippen molar-refractivity contribution < 1.29 is 24.2 Å². The number of aliphatic carboxylic acids is 1. The number of carboxylic acid groups (broad SMARTS) is 1. The number of pyridine rings is 1. The lowest BCUT2D eigenvalue weighted by molar-refractivity contribution is -0.141. The number of carbonyl (C=O) groups is 3. The van der Waals surface area contributed by atoms with Crippen LogP contribution in [-0.4, -0.2) is 52.6 Å². The minimum absolute atomic E-state index is 0.0212. The van der Waals surface area contributed by atoms with Crippen LogP contribution >= 0.6 is 15.9 Å². The number of ether oxygens (including phenoxy) is 1. The molecule has 3 aromatic rings. The van der Waals surface area contributed by atoms with Gasteiger partial charge < -0.3 is 19.3 Å². The molecule has 2 heterocycles. The van der Waals surface area contributed by atoms with Gasteiger partial charge in [0.05, 0.1) is 13.5 Å². The Morgan fingerprint density at radius 3 is 2.36 bits per heavy atom. The number of methoxy groups -OCH3 is 1. The molecule has 4 rings (SSSR count). The van der Waals surface area contributed by atoms with Gasteiger partial charge in [0.2, 0.25) is 5.91 Å². The van der Waals surface area contributed by atoms with Gasteiger partial charge >= 0.3 is 11.9 Å². The van der Waals surface area contributed by atoms with Crippen LogP contribution in [0.25, 0.3) is 21.9 Å². The first-order valence-corrected chi connectivity index (χ1v) is 12.6. The molecular weight excluding hydrogens is 528 g/mol. The highest BCUT2D eigenvalue weighted by Crippen LogP contribution is 2.33. The fourth-order valence-electron chi connectivity index (χ4n) is 4.79. The molecule has 8 nitrogen and oxygen atoms in total. The zero-order valence-corrected chi connectivity index (χ0v) is 21.5. The number of piperidine rings is 1. The summed E-state index contributed by atoms with van der Waals surface area (Å²) in [5, 5.41) is 10.0. The Balaban J connectivity index is 1.73. The minimum atomic E-state index is -0.995. The summed E-state index contributed by atoms with van der Waals surface area (Å²) < 4.78 is 7.46. The lowest BCUT2D eigenvalue weighted by atomic mass is 9.93. The molecule has 36 heavy (non-hydrogen) atoms. The standard InChI is InChI=1S/C27H27BrN2O6/c1-36-27(35)25-24(18-5-3-2-4-6-18)21-15-19(28)7-8-20(21)26(34)30(25)16-17-11-13-29(14-12-17)22(31)9-10-23(32)33/h2-8,15,17H,9-14,16H2,1H3,(H,32,33). The lowest BCUT2D eigenvalue weighted by Gasteiger charge is -2.33. The smallest absolute Gasteiger partial charge is 0.355 e. The summed E-state index contributed by atoms with van der Waals surface area (Å²) in [4.78, 5) is 51.6. The molecule has 9 heteroatoms. The highest BCUT2D eigenvalue weighted by molar-refractivity contribution is 9.10. The van der Waals surface area contributed by atoms with Gasteiger partial charge in [-0.15, -0.1) is 0 Å². The molecule has 0 unspecified atom stereocenters. The van der Waals surface area contributed by atoms with Crippen LogP contribution in [0, 0.1) is 5.92 Å². The van der Waals surface area contributed by atoms with Gasteiger partial charge in [-0.3, -0.25) is 14.4 Å². The van der Waals surface area contributed by atoms with Crippen LogP contribution in [0.1, 0.15) is 36.2 Å². The van der Waals surface area contributed by atoms with Crippen LogP contribution in [0.3, 0.4) is 0 Å². The van der Waals surface area contributed by atoms with E-state index in [0.29, 0.717) is 48.8 Å². The molecule has 1 saturated heterocycles. The van der Waals surface area contributed by atoms with Crippen molar-refractivity contribution >= 4 is 44.5 Å². The number of rotatable bonds is 7. The molecule has 1 amide bonds. The maximum atomic E-state index is 13.7. The SMILES string of the molecule is COC(=O)c1c(-c2ccccc2)c2cc(Br)ccc2c(=O)n1CC1CCN(C(=O)CCC(=O)O)CC1. The molecule has 2 aromatic carbocycles. The van der Waals surface area contributed by atoms with Crippen molar-refractivity contribution in [3.8, 4) is 11.1 Å². The van der Waals surface area contributed by atoms with E-state index in [4.69, 9.17) is 9.84 Å². The first-order chi connectivity index (χ1) is 17.3. The number of halogens is 1. The summed E-state index contributed by atoms with van der Waals surface area (Å²) in [6.07, 6.45) is 1.08. The molecule has 1 aromatic heterocycles. The van der Waals surface area contributed by atoms with Crippen LogP contribution in [-0.2, 0) is 20.9 Å². The molecule has 0 bridgehead atoms. The number of likely N-dealkylation sites (tertiary alicyclic amines) is 1. The third kappa shape index (κ3) is 5.36. The minimum Gasteiger partial charge on any atom is -0.481 e. The second-order valence-corrected chi connectivity index (χ2v) is 9.82. The average Bonchev–Trinajstić information content (AvgIpc) is 2.89. The van der Waals surface area contributed by atoms with Crippen molar-refractivity contribution in [3.05, 3.63) is 69.1 Å². The molecule has 1 fully saturated rings. The molecular formula is C27H27BrN2O6. The van der Waals surface area contributed by atoms with E-state index in [9.17, 15) is 19.2 Å². The van der Waals surface area contributed by atoms with Crippen molar-refractivity contribution in [1.82, 2.24) is 9.47 Å². The number of aromatic nitrogens is 1. The van der Waals surface area contributed by atoms with E-state index in [1.807, 2.05) is 42.5 Å². The van der Waals surface area contributed by atoms with Gasteiger partial charge in [0, 0.05) is 41.5 Å². The Morgan fingerprint density at radius 1 is 1.03 bits per heavy atom. The fraction of sp³-hybridized carbons (Fsp3) is 0.333. The molecule has 0 spiro atoms. The maximum Gasteiger partial charge on any atom is 0.355 e. The summed E-state index contributed by atoms with van der Waals surface area (Å²) in [6.45, 7) is 1.28. The number of carbonyl (C=O) groups excluding carboxylic acids is 2. The molecule has 0 saturated carbocycles. The van der Waals surface area contributed by atoms with E-state index >= 15 is 0 Å². The summed E-state index contributed by atoms with van der Waals surface area (Å²) >= 11 is 3.49. The second kappa shape index (κ2) is 11.1. The van der Waals surface area contributed by atoms with E-state index in [1.165, 1.54) is 11.7 Å². The number of fused-ring (bicyclic) bond motifs is 1. The summed E-state index contributed by atoms with van der Waals surface area (Å²) in [5.74, 6) is -1.70. The van der Waals surface area contributed by atoms with Crippen molar-refractivity contribution in [1.29, 1.82) is 0 Å². The first kappa shape index (κ1) is 25.6. The van der Waals surface area contributed by atoms with Crippen molar-refractivity contribution in [2.45, 2.75) is 32.2 Å². The van der Waals surface area contributed by atoms with Gasteiger partial charge in [0.15, 0.2) is 0 Å². The number of carboxylic acids is 1. The van der Waals surface area contributed by atoms with E-state index in [0.717, 1.165) is 10.0 Å². The lowest BCUT2D eigenvalue weighted by Crippen LogP contribution is -2.40. The second-order valence-electron chi connectivity index (χ2n) is 8.90. The summed E-state index contributed by atoms with van der Waals surface area (Å²) in [5.41, 5.74) is 1.38. The maximum absolute atomic E-state index is 13.7. The van der Waals surface area contributed by atoms with Gasteiger partial charge in [0.25, 0.3) is 5.56 Å². The van der Waals surface area contributed by atoms with Crippen molar-refractivity contribution in [2.24, 2.45) is 5.92 Å². The third-order valence-electron chi connectivity index (χ3n) is 6.64. The predicted molar refractivity (Wildman–Crippen MR) is 139 cm³/mol. The Bertz CT molecular complexity index is 1360. The Kier molecular flexibility index (Phi) is 7.88. The molecule has 1 aliphatic rings. The third-order valence-corrected chi connectivity index (χ3v) is 7.13. The van der Waals surface area contributed by atoms with Gasteiger partial charge in [0.1, 0.15) is 5.69 Å². The number of benzene rings is 2. The van der Waals surface area contributed by atoms with E-state index in [2.05, 4.69) is 15.9 Å². The number of amides is 1. The van der Waals surface area contributed by atoms with Crippen LogP contribution < -0.4 is 5.56 Å². The highest BCUT2D eigenvalue weighted by Gasteiger charge is 2.28. The molecule has 188 valence electrons.